The Hall–Kier alpha value is -2.16. The molecule has 45 heavy (non-hydrogen) atoms. The molecule has 0 spiro atoms. The molecule has 0 aliphatic carbocycles. The second kappa shape index (κ2) is 16.1. The molecular weight excluding hydrogens is 617 g/mol. The summed E-state index contributed by atoms with van der Waals surface area (Å²) in [6, 6.07) is 11.1. The van der Waals surface area contributed by atoms with Crippen molar-refractivity contribution in [3.8, 4) is 22.4 Å². The number of carbonyl (C=O) groups is 1. The fourth-order valence-electron chi connectivity index (χ4n) is 5.99. The number of carboxylic acids is 1. The third-order valence-corrected chi connectivity index (χ3v) is 9.97. The van der Waals surface area contributed by atoms with E-state index in [0.29, 0.717) is 40.9 Å². The van der Waals surface area contributed by atoms with Crippen molar-refractivity contribution in [2.75, 3.05) is 19.7 Å². The zero-order chi connectivity index (χ0) is 32.2. The number of aliphatic hydroxyl groups is 3. The summed E-state index contributed by atoms with van der Waals surface area (Å²) >= 11 is 0. The third kappa shape index (κ3) is 8.81. The van der Waals surface area contributed by atoms with Crippen LogP contribution in [-0.4, -0.2) is 105 Å². The Bertz CT molecular complexity index is 1550. The fourth-order valence-corrected chi connectivity index (χ4v) is 8.11. The Morgan fingerprint density at radius 3 is 2.09 bits per heavy atom. The van der Waals surface area contributed by atoms with E-state index in [1.807, 2.05) is 13.8 Å². The minimum absolute atomic E-state index is 0. The van der Waals surface area contributed by atoms with Gasteiger partial charge in [-0.15, -0.1) is 0 Å². The molecule has 2 aromatic carbocycles. The van der Waals surface area contributed by atoms with E-state index in [2.05, 4.69) is 0 Å². The van der Waals surface area contributed by atoms with Crippen molar-refractivity contribution >= 4 is 45.5 Å². The van der Waals surface area contributed by atoms with Crippen LogP contribution in [0.1, 0.15) is 57.6 Å². The summed E-state index contributed by atoms with van der Waals surface area (Å²) in [6.07, 6.45) is -1.77. The SMILES string of the molecule is CC(C)c1c(S(=O)(=O)N2CCCC(CO)C2)c(-c2ccc(F)cc2)c(-c2ccc(F)cc2)n1CCC(O)CC(O)CC(=O)O.[NaH]. The Kier molecular flexibility index (Phi) is 13.3. The van der Waals surface area contributed by atoms with Crippen molar-refractivity contribution in [3.63, 3.8) is 0 Å². The van der Waals surface area contributed by atoms with Crippen molar-refractivity contribution in [2.45, 2.75) is 75.5 Å². The van der Waals surface area contributed by atoms with E-state index in [-0.39, 0.29) is 85.4 Å². The van der Waals surface area contributed by atoms with Crippen molar-refractivity contribution in [1.82, 2.24) is 8.87 Å². The van der Waals surface area contributed by atoms with Gasteiger partial charge in [-0.05, 0) is 85.0 Å². The monoisotopic (exact) mass is 658 g/mol. The Morgan fingerprint density at radius 2 is 1.56 bits per heavy atom. The number of aliphatic carboxylic acids is 1. The molecule has 13 heteroatoms. The van der Waals surface area contributed by atoms with Gasteiger partial charge in [0.15, 0.2) is 0 Å². The van der Waals surface area contributed by atoms with Gasteiger partial charge in [0, 0.05) is 37.5 Å². The number of hydrogen-bond acceptors (Lipinski definition) is 6. The van der Waals surface area contributed by atoms with Gasteiger partial charge in [-0.3, -0.25) is 4.79 Å². The van der Waals surface area contributed by atoms with Crippen LogP contribution in [0.4, 0.5) is 8.78 Å². The van der Waals surface area contributed by atoms with Gasteiger partial charge in [0.1, 0.15) is 16.5 Å². The third-order valence-electron chi connectivity index (χ3n) is 8.03. The van der Waals surface area contributed by atoms with E-state index in [0.717, 1.165) is 0 Å². The van der Waals surface area contributed by atoms with Crippen LogP contribution < -0.4 is 0 Å². The molecular formula is C32H41F2N2NaO7S. The molecule has 3 atom stereocenters. The second-order valence-electron chi connectivity index (χ2n) is 11.7. The van der Waals surface area contributed by atoms with Crippen LogP contribution in [0.15, 0.2) is 53.4 Å². The predicted molar refractivity (Wildman–Crippen MR) is 169 cm³/mol. The first kappa shape index (κ1) is 37.3. The van der Waals surface area contributed by atoms with Crippen molar-refractivity contribution < 1.29 is 42.4 Å². The molecule has 4 N–H and O–H groups in total. The molecule has 2 heterocycles. The van der Waals surface area contributed by atoms with Crippen LogP contribution in [0.5, 0.6) is 0 Å². The van der Waals surface area contributed by atoms with Crippen LogP contribution in [0, 0.1) is 17.6 Å². The van der Waals surface area contributed by atoms with Crippen molar-refractivity contribution in [1.29, 1.82) is 0 Å². The summed E-state index contributed by atoms with van der Waals surface area (Å²) in [6.45, 7) is 4.01. The van der Waals surface area contributed by atoms with Gasteiger partial charge in [0.05, 0.1) is 24.3 Å². The Labute approximate surface area is 284 Å². The Morgan fingerprint density at radius 1 is 0.978 bits per heavy atom. The average molecular weight is 659 g/mol. The molecule has 1 saturated heterocycles. The number of aliphatic hydroxyl groups excluding tert-OH is 3. The first-order valence-corrected chi connectivity index (χ1v) is 16.2. The summed E-state index contributed by atoms with van der Waals surface area (Å²) in [5, 5.41) is 39.7. The quantitative estimate of drug-likeness (QED) is 0.204. The number of hydrogen-bond donors (Lipinski definition) is 4. The van der Waals surface area contributed by atoms with Gasteiger partial charge in [-0.25, -0.2) is 17.2 Å². The van der Waals surface area contributed by atoms with Crippen LogP contribution in [0.25, 0.3) is 22.4 Å². The number of sulfonamides is 1. The van der Waals surface area contributed by atoms with E-state index in [4.69, 9.17) is 5.11 Å². The van der Waals surface area contributed by atoms with Gasteiger partial charge < -0.3 is 25.0 Å². The molecule has 0 radical (unpaired) electrons. The zero-order valence-corrected chi connectivity index (χ0v) is 25.7. The van der Waals surface area contributed by atoms with Gasteiger partial charge in [0.25, 0.3) is 0 Å². The standard InChI is InChI=1S/C32H40F2N2O7S.Na.H/c1-20(2)30-32(44(42,43)35-14-3-4-21(18-35)19-37)29(22-5-9-24(33)10-6-22)31(23-7-11-25(34)12-8-23)36(30)15-13-26(38)16-27(39)17-28(40)41;;/h5-12,20-21,26-27,37-39H,3-4,13-19H2,1-2H3,(H,40,41);;. The van der Waals surface area contributed by atoms with Crippen LogP contribution in [0.3, 0.4) is 0 Å². The summed E-state index contributed by atoms with van der Waals surface area (Å²) in [7, 11) is -4.19. The molecule has 3 aromatic rings. The van der Waals surface area contributed by atoms with Gasteiger partial charge in [-0.2, -0.15) is 4.31 Å². The number of nitrogens with zero attached hydrogens (tertiary/aromatic N) is 2. The number of benzene rings is 2. The summed E-state index contributed by atoms with van der Waals surface area (Å²) in [5.74, 6) is -2.77. The summed E-state index contributed by atoms with van der Waals surface area (Å²) in [5.41, 5.74) is 2.12. The molecule has 242 valence electrons. The van der Waals surface area contributed by atoms with Crippen LogP contribution >= 0.6 is 0 Å². The number of piperidine rings is 1. The molecule has 1 aliphatic heterocycles. The van der Waals surface area contributed by atoms with Crippen LogP contribution in [-0.2, 0) is 21.4 Å². The van der Waals surface area contributed by atoms with Crippen LogP contribution in [0.2, 0.25) is 0 Å². The van der Waals surface area contributed by atoms with E-state index in [1.165, 1.54) is 52.8 Å². The van der Waals surface area contributed by atoms with Gasteiger partial charge in [-0.1, -0.05) is 26.0 Å². The van der Waals surface area contributed by atoms with Crippen molar-refractivity contribution in [3.05, 3.63) is 65.9 Å². The van der Waals surface area contributed by atoms with E-state index in [1.54, 1.807) is 4.57 Å². The molecule has 0 saturated carbocycles. The number of aromatic nitrogens is 1. The maximum absolute atomic E-state index is 14.6. The van der Waals surface area contributed by atoms with Gasteiger partial charge in [0.2, 0.25) is 10.0 Å². The molecule has 3 unspecified atom stereocenters. The topological polar surface area (TPSA) is 140 Å². The molecule has 9 nitrogen and oxygen atoms in total. The molecule has 1 aliphatic rings. The summed E-state index contributed by atoms with van der Waals surface area (Å²) < 4.78 is 60.6. The van der Waals surface area contributed by atoms with E-state index in [9.17, 15) is 37.3 Å². The minimum atomic E-state index is -4.19. The molecule has 1 fully saturated rings. The van der Waals surface area contributed by atoms with Crippen molar-refractivity contribution in [2.24, 2.45) is 5.92 Å². The molecule has 0 bridgehead atoms. The number of rotatable bonds is 13. The first-order valence-electron chi connectivity index (χ1n) is 14.8. The normalized spacial score (nSPS) is 17.2. The van der Waals surface area contributed by atoms with E-state index < -0.39 is 46.3 Å². The molecule has 0 amide bonds. The predicted octanol–water partition coefficient (Wildman–Crippen LogP) is 3.94. The number of carboxylic acid groups (broad SMARTS) is 1. The zero-order valence-electron chi connectivity index (χ0n) is 24.9. The molecule has 4 rings (SSSR count). The molecule has 1 aromatic heterocycles. The van der Waals surface area contributed by atoms with Gasteiger partial charge >= 0.3 is 35.5 Å². The fraction of sp³-hybridized carbons (Fsp3) is 0.469. The van der Waals surface area contributed by atoms with E-state index >= 15 is 0 Å². The average Bonchev–Trinajstić information content (AvgIpc) is 3.32. The number of halogens is 2. The first-order chi connectivity index (χ1) is 20.8. The maximum atomic E-state index is 14.6. The summed E-state index contributed by atoms with van der Waals surface area (Å²) in [4.78, 5) is 11.0. The second-order valence-corrected chi connectivity index (χ2v) is 13.6. The Balaban J connectivity index is 0.00000552.